The van der Waals surface area contributed by atoms with Gasteiger partial charge in [-0.15, -0.1) is 0 Å². The van der Waals surface area contributed by atoms with Crippen molar-refractivity contribution < 1.29 is 28.3 Å². The molecular weight excluding hydrogens is 383 g/mol. The van der Waals surface area contributed by atoms with Crippen LogP contribution in [0.3, 0.4) is 0 Å². The number of hydrogen-bond acceptors (Lipinski definition) is 6. The van der Waals surface area contributed by atoms with E-state index < -0.39 is 11.6 Å². The molecule has 8 nitrogen and oxygen atoms in total. The molecule has 0 aliphatic carbocycles. The lowest BCUT2D eigenvalue weighted by Crippen LogP contribution is -2.11. The van der Waals surface area contributed by atoms with Gasteiger partial charge in [0.05, 0.1) is 43.0 Å². The van der Waals surface area contributed by atoms with Crippen molar-refractivity contribution in [3.8, 4) is 16.9 Å². The molecule has 0 saturated carbocycles. The minimum Gasteiger partial charge on any atom is -0.491 e. The first-order valence-corrected chi connectivity index (χ1v) is 9.02. The Labute approximate surface area is 167 Å². The van der Waals surface area contributed by atoms with Crippen LogP contribution in [0.4, 0.5) is 15.8 Å². The molecule has 29 heavy (non-hydrogen) atoms. The fourth-order valence-electron chi connectivity index (χ4n) is 2.53. The average molecular weight is 406 g/mol. The molecular formula is C20H23FN2O6. The standard InChI is InChI=1S/C20H23FN2O6/c1-15(24)22-17-4-2-16(3-5-17)19-7-6-18(14-20(19)23(25)26)29-13-12-28-11-10-27-9-8-21/h2-7,14H,8-13H2,1H3,(H,22,24). The Kier molecular flexibility index (Phi) is 9.00. The highest BCUT2D eigenvalue weighted by Crippen LogP contribution is 2.33. The van der Waals surface area contributed by atoms with Crippen LogP contribution in [-0.2, 0) is 14.3 Å². The maximum absolute atomic E-state index is 11.9. The van der Waals surface area contributed by atoms with Crippen LogP contribution < -0.4 is 10.1 Å². The first kappa shape index (κ1) is 22.3. The summed E-state index contributed by atoms with van der Waals surface area (Å²) in [6, 6.07) is 11.4. The Morgan fingerprint density at radius 2 is 1.69 bits per heavy atom. The maximum atomic E-state index is 11.9. The number of carbonyl (C=O) groups is 1. The maximum Gasteiger partial charge on any atom is 0.280 e. The predicted molar refractivity (Wildman–Crippen MR) is 106 cm³/mol. The molecule has 0 aliphatic rings. The van der Waals surface area contributed by atoms with Crippen LogP contribution in [-0.4, -0.2) is 50.5 Å². The van der Waals surface area contributed by atoms with E-state index in [1.54, 1.807) is 36.4 Å². The zero-order chi connectivity index (χ0) is 21.1. The van der Waals surface area contributed by atoms with E-state index in [1.165, 1.54) is 13.0 Å². The number of anilines is 1. The van der Waals surface area contributed by atoms with Crippen LogP contribution in [0.1, 0.15) is 6.92 Å². The van der Waals surface area contributed by atoms with E-state index in [9.17, 15) is 19.3 Å². The molecule has 9 heteroatoms. The molecule has 2 aromatic carbocycles. The molecule has 0 atom stereocenters. The summed E-state index contributed by atoms with van der Waals surface area (Å²) in [4.78, 5) is 22.1. The predicted octanol–water partition coefficient (Wildman–Crippen LogP) is 3.60. The van der Waals surface area contributed by atoms with Crippen molar-refractivity contribution >= 4 is 17.3 Å². The van der Waals surface area contributed by atoms with Crippen molar-refractivity contribution in [2.24, 2.45) is 0 Å². The molecule has 0 bridgehead atoms. The highest BCUT2D eigenvalue weighted by atomic mass is 19.1. The molecule has 0 unspecified atom stereocenters. The second-order valence-corrected chi connectivity index (χ2v) is 5.96. The monoisotopic (exact) mass is 406 g/mol. The summed E-state index contributed by atoms with van der Waals surface area (Å²) in [5.41, 5.74) is 1.61. The van der Waals surface area contributed by atoms with Crippen LogP contribution in [0.5, 0.6) is 5.75 Å². The molecule has 0 spiro atoms. The lowest BCUT2D eigenvalue weighted by molar-refractivity contribution is -0.384. The number of halogens is 1. The van der Waals surface area contributed by atoms with Crippen LogP contribution in [0.2, 0.25) is 0 Å². The van der Waals surface area contributed by atoms with Crippen molar-refractivity contribution in [3.05, 3.63) is 52.6 Å². The molecule has 2 aromatic rings. The Morgan fingerprint density at radius 1 is 1.03 bits per heavy atom. The fraction of sp³-hybridized carbons (Fsp3) is 0.350. The minimum absolute atomic E-state index is 0.0475. The minimum atomic E-state index is -0.530. The van der Waals surface area contributed by atoms with Gasteiger partial charge in [0.1, 0.15) is 19.0 Å². The molecule has 0 heterocycles. The summed E-state index contributed by atoms with van der Waals surface area (Å²) in [7, 11) is 0. The first-order valence-electron chi connectivity index (χ1n) is 9.02. The van der Waals surface area contributed by atoms with Crippen LogP contribution in [0.15, 0.2) is 42.5 Å². The van der Waals surface area contributed by atoms with Crippen molar-refractivity contribution in [3.63, 3.8) is 0 Å². The molecule has 1 amide bonds. The van der Waals surface area contributed by atoms with Gasteiger partial charge in [-0.2, -0.15) is 0 Å². The van der Waals surface area contributed by atoms with Gasteiger partial charge >= 0.3 is 0 Å². The van der Waals surface area contributed by atoms with Gasteiger partial charge in [-0.05, 0) is 29.8 Å². The largest absolute Gasteiger partial charge is 0.491 e. The van der Waals surface area contributed by atoms with Crippen molar-refractivity contribution in [2.75, 3.05) is 45.0 Å². The van der Waals surface area contributed by atoms with Crippen molar-refractivity contribution in [1.29, 1.82) is 0 Å². The molecule has 0 aromatic heterocycles. The van der Waals surface area contributed by atoms with Crippen LogP contribution >= 0.6 is 0 Å². The number of nitrogens with zero attached hydrogens (tertiary/aromatic N) is 1. The number of nitro groups is 1. The van der Waals surface area contributed by atoms with Gasteiger partial charge in [0.15, 0.2) is 0 Å². The van der Waals surface area contributed by atoms with E-state index >= 15 is 0 Å². The molecule has 0 fully saturated rings. The van der Waals surface area contributed by atoms with Gasteiger partial charge in [0.25, 0.3) is 5.69 Å². The van der Waals surface area contributed by atoms with Crippen LogP contribution in [0.25, 0.3) is 11.1 Å². The topological polar surface area (TPSA) is 99.9 Å². The Bertz CT molecular complexity index is 813. The lowest BCUT2D eigenvalue weighted by atomic mass is 10.0. The highest BCUT2D eigenvalue weighted by Gasteiger charge is 2.17. The number of carbonyl (C=O) groups excluding carboxylic acids is 1. The molecule has 0 saturated heterocycles. The number of nitro benzene ring substituents is 1. The van der Waals surface area contributed by atoms with Gasteiger partial charge in [-0.3, -0.25) is 14.9 Å². The first-order chi connectivity index (χ1) is 14.0. The molecule has 156 valence electrons. The normalized spacial score (nSPS) is 10.6. The van der Waals surface area contributed by atoms with E-state index in [4.69, 9.17) is 14.2 Å². The van der Waals surface area contributed by atoms with E-state index in [1.807, 2.05) is 0 Å². The number of benzene rings is 2. The summed E-state index contributed by atoms with van der Waals surface area (Å²) < 4.78 is 27.6. The van der Waals surface area contributed by atoms with E-state index in [-0.39, 0.29) is 31.4 Å². The fourth-order valence-corrected chi connectivity index (χ4v) is 2.53. The number of amides is 1. The summed E-state index contributed by atoms with van der Waals surface area (Å²) in [5.74, 6) is 0.161. The second-order valence-electron chi connectivity index (χ2n) is 5.96. The van der Waals surface area contributed by atoms with E-state index in [0.29, 0.717) is 35.8 Å². The zero-order valence-corrected chi connectivity index (χ0v) is 16.1. The third-order valence-electron chi connectivity index (χ3n) is 3.77. The van der Waals surface area contributed by atoms with E-state index in [2.05, 4.69) is 5.32 Å². The molecule has 0 aliphatic heterocycles. The van der Waals surface area contributed by atoms with Gasteiger partial charge in [-0.25, -0.2) is 4.39 Å². The number of nitrogens with one attached hydrogen (secondary N) is 1. The second kappa shape index (κ2) is 11.7. The van der Waals surface area contributed by atoms with Crippen LogP contribution in [0, 0.1) is 10.1 Å². The summed E-state index contributed by atoms with van der Waals surface area (Å²) in [6.07, 6.45) is 0. The van der Waals surface area contributed by atoms with Crippen molar-refractivity contribution in [1.82, 2.24) is 0 Å². The summed E-state index contributed by atoms with van der Waals surface area (Å²) in [6.45, 7) is 2.03. The number of ether oxygens (including phenoxy) is 3. The van der Waals surface area contributed by atoms with E-state index in [0.717, 1.165) is 0 Å². The number of alkyl halides is 1. The summed E-state index contributed by atoms with van der Waals surface area (Å²) >= 11 is 0. The Hall–Kier alpha value is -3.04. The van der Waals surface area contributed by atoms with Crippen molar-refractivity contribution in [2.45, 2.75) is 6.92 Å². The third kappa shape index (κ3) is 7.47. The average Bonchev–Trinajstić information content (AvgIpc) is 2.70. The van der Waals surface area contributed by atoms with Gasteiger partial charge in [0.2, 0.25) is 5.91 Å². The molecule has 0 radical (unpaired) electrons. The van der Waals surface area contributed by atoms with Gasteiger partial charge < -0.3 is 19.5 Å². The third-order valence-corrected chi connectivity index (χ3v) is 3.77. The lowest BCUT2D eigenvalue weighted by Gasteiger charge is -2.10. The molecule has 1 N–H and O–H groups in total. The smallest absolute Gasteiger partial charge is 0.280 e. The number of rotatable bonds is 12. The van der Waals surface area contributed by atoms with Gasteiger partial charge in [-0.1, -0.05) is 12.1 Å². The van der Waals surface area contributed by atoms with Gasteiger partial charge in [0, 0.05) is 12.6 Å². The Morgan fingerprint density at radius 3 is 2.31 bits per heavy atom. The molecule has 2 rings (SSSR count). The number of hydrogen-bond donors (Lipinski definition) is 1. The zero-order valence-electron chi connectivity index (χ0n) is 16.1. The SMILES string of the molecule is CC(=O)Nc1ccc(-c2ccc(OCCOCCOCCF)cc2[N+](=O)[O-])cc1. The summed E-state index contributed by atoms with van der Waals surface area (Å²) in [5, 5.41) is 14.1. The Balaban J connectivity index is 1.96. The quantitative estimate of drug-likeness (QED) is 0.328. The highest BCUT2D eigenvalue weighted by molar-refractivity contribution is 5.89.